The number of hydrogen-bond donors (Lipinski definition) is 5. The third kappa shape index (κ3) is 3.83. The average Bonchev–Trinajstić information content (AvgIpc) is 3.31. The van der Waals surface area contributed by atoms with Crippen molar-refractivity contribution in [2.45, 2.75) is 69.2 Å². The van der Waals surface area contributed by atoms with E-state index >= 15 is 4.39 Å². The van der Waals surface area contributed by atoms with E-state index in [4.69, 9.17) is 5.73 Å². The molecule has 1 aromatic rings. The summed E-state index contributed by atoms with van der Waals surface area (Å²) in [6.45, 7) is 6.18. The van der Waals surface area contributed by atoms with Crippen molar-refractivity contribution in [1.29, 1.82) is 0 Å². The first-order valence-electron chi connectivity index (χ1n) is 13.7. The van der Waals surface area contributed by atoms with Crippen LogP contribution in [0.15, 0.2) is 35.1 Å². The van der Waals surface area contributed by atoms with Crippen LogP contribution < -0.4 is 5.73 Å². The molecule has 1 aromatic carbocycles. The highest BCUT2D eigenvalue weighted by Crippen LogP contribution is 2.54. The van der Waals surface area contributed by atoms with E-state index in [0.717, 1.165) is 25.7 Å². The Bertz CT molecular complexity index is 1390. The Morgan fingerprint density at radius 3 is 2.40 bits per heavy atom. The Hall–Kier alpha value is -3.21. The number of nitrogens with two attached hydrogens (primary N) is 1. The van der Waals surface area contributed by atoms with Gasteiger partial charge in [-0.1, -0.05) is 19.4 Å². The number of hydrogen-bond acceptors (Lipinski definition) is 8. The van der Waals surface area contributed by atoms with E-state index in [1.54, 1.807) is 19.0 Å². The van der Waals surface area contributed by atoms with E-state index < -0.39 is 58.1 Å². The number of amides is 1. The highest BCUT2D eigenvalue weighted by Gasteiger charge is 2.62. The Labute approximate surface area is 233 Å². The second-order valence-electron chi connectivity index (χ2n) is 12.4. The molecule has 6 N–H and O–H groups in total. The number of aromatic hydroxyl groups is 1. The number of halogens is 1. The van der Waals surface area contributed by atoms with Crippen LogP contribution in [0.3, 0.4) is 0 Å². The number of benzene rings is 1. The predicted octanol–water partition coefficient (Wildman–Crippen LogP) is 2.85. The lowest BCUT2D eigenvalue weighted by atomic mass is 9.56. The number of nitrogens with zero attached hydrogens (tertiary/aromatic N) is 2. The van der Waals surface area contributed by atoms with Crippen LogP contribution in [0.1, 0.15) is 55.7 Å². The SMILES string of the molecule is C=C1C(C(N)=O)=C(O)[C@@H](N(C)C)[C@@H]2CC3Cc4c(F)c(CN(C)C5(C)CCCC5)cc(O)c4C(O)=C3C(=O)[C@]12O. The van der Waals surface area contributed by atoms with Crippen LogP contribution in [0.5, 0.6) is 5.75 Å². The van der Waals surface area contributed by atoms with Crippen molar-refractivity contribution < 1.29 is 34.4 Å². The predicted molar refractivity (Wildman–Crippen MR) is 147 cm³/mol. The van der Waals surface area contributed by atoms with Crippen molar-refractivity contribution in [3.63, 3.8) is 0 Å². The molecule has 4 aliphatic rings. The molecule has 0 radical (unpaired) electrons. The van der Waals surface area contributed by atoms with Gasteiger partial charge in [0, 0.05) is 40.3 Å². The number of fused-ring (bicyclic) bond motifs is 3. The number of primary amides is 1. The molecule has 2 saturated carbocycles. The van der Waals surface area contributed by atoms with Crippen LogP contribution in [0.2, 0.25) is 0 Å². The van der Waals surface area contributed by atoms with Gasteiger partial charge in [-0.2, -0.15) is 0 Å². The van der Waals surface area contributed by atoms with Crippen LogP contribution in [-0.4, -0.2) is 80.2 Å². The second kappa shape index (κ2) is 9.43. The summed E-state index contributed by atoms with van der Waals surface area (Å²) in [5.74, 6) is -5.52. The smallest absolute Gasteiger partial charge is 0.252 e. The van der Waals surface area contributed by atoms with Gasteiger partial charge in [-0.15, -0.1) is 0 Å². The van der Waals surface area contributed by atoms with Crippen molar-refractivity contribution >= 4 is 17.4 Å². The number of carbonyl (C=O) groups excluding carboxylic acids is 2. The number of aliphatic hydroxyl groups excluding tert-OH is 2. The fourth-order valence-corrected chi connectivity index (χ4v) is 7.60. The summed E-state index contributed by atoms with van der Waals surface area (Å²) in [5.41, 5.74) is 2.37. The van der Waals surface area contributed by atoms with Crippen LogP contribution in [0, 0.1) is 17.7 Å². The van der Waals surface area contributed by atoms with Gasteiger partial charge >= 0.3 is 0 Å². The molecule has 9 nitrogen and oxygen atoms in total. The van der Waals surface area contributed by atoms with Gasteiger partial charge in [0.2, 0.25) is 0 Å². The van der Waals surface area contributed by atoms with Gasteiger partial charge < -0.3 is 26.2 Å². The number of phenols is 1. The van der Waals surface area contributed by atoms with Gasteiger partial charge in [0.1, 0.15) is 23.1 Å². The van der Waals surface area contributed by atoms with E-state index in [1.165, 1.54) is 6.07 Å². The molecule has 216 valence electrons. The van der Waals surface area contributed by atoms with Crippen molar-refractivity contribution in [1.82, 2.24) is 9.80 Å². The molecule has 0 aromatic heterocycles. The third-order valence-electron chi connectivity index (χ3n) is 9.92. The van der Waals surface area contributed by atoms with Gasteiger partial charge in [0.05, 0.1) is 17.2 Å². The first-order chi connectivity index (χ1) is 18.6. The molecule has 0 spiro atoms. The molecule has 5 rings (SSSR count). The van der Waals surface area contributed by atoms with E-state index in [1.807, 2.05) is 7.05 Å². The van der Waals surface area contributed by atoms with Gasteiger partial charge in [-0.3, -0.25) is 19.4 Å². The van der Waals surface area contributed by atoms with Crippen molar-refractivity contribution in [3.8, 4) is 5.75 Å². The number of phenolic OH excluding ortho intramolecular Hbond substituents is 1. The number of ketones is 1. The minimum absolute atomic E-state index is 0.00103. The highest BCUT2D eigenvalue weighted by molar-refractivity contribution is 6.13. The molecule has 2 fully saturated rings. The zero-order valence-electron chi connectivity index (χ0n) is 23.4. The van der Waals surface area contributed by atoms with Crippen molar-refractivity contribution in [2.75, 3.05) is 21.1 Å². The molecule has 0 heterocycles. The van der Waals surface area contributed by atoms with Crippen LogP contribution >= 0.6 is 0 Å². The van der Waals surface area contributed by atoms with E-state index in [9.17, 15) is 30.0 Å². The maximum absolute atomic E-state index is 16.1. The van der Waals surface area contributed by atoms with Gasteiger partial charge in [-0.05, 0) is 65.7 Å². The minimum Gasteiger partial charge on any atom is -0.510 e. The molecule has 4 atom stereocenters. The van der Waals surface area contributed by atoms with Crippen LogP contribution in [0.25, 0.3) is 5.76 Å². The van der Waals surface area contributed by atoms with Crippen LogP contribution in [0.4, 0.5) is 4.39 Å². The zero-order valence-corrected chi connectivity index (χ0v) is 23.4. The maximum atomic E-state index is 16.1. The summed E-state index contributed by atoms with van der Waals surface area (Å²) in [7, 11) is 5.20. The Morgan fingerprint density at radius 1 is 1.20 bits per heavy atom. The number of carbonyl (C=O) groups is 2. The van der Waals surface area contributed by atoms with Crippen molar-refractivity contribution in [3.05, 3.63) is 57.6 Å². The van der Waals surface area contributed by atoms with Gasteiger partial charge in [0.15, 0.2) is 11.4 Å². The van der Waals surface area contributed by atoms with E-state index in [0.29, 0.717) is 5.56 Å². The molecule has 0 aliphatic heterocycles. The molecule has 4 aliphatic carbocycles. The molecular formula is C30H38FN3O6. The molecule has 10 heteroatoms. The Kier molecular flexibility index (Phi) is 6.67. The first-order valence-corrected chi connectivity index (χ1v) is 13.7. The second-order valence-corrected chi connectivity index (χ2v) is 12.4. The lowest BCUT2D eigenvalue weighted by Crippen LogP contribution is -2.63. The Morgan fingerprint density at radius 2 is 1.82 bits per heavy atom. The summed E-state index contributed by atoms with van der Waals surface area (Å²) in [4.78, 5) is 29.9. The summed E-state index contributed by atoms with van der Waals surface area (Å²) >= 11 is 0. The van der Waals surface area contributed by atoms with E-state index in [2.05, 4.69) is 18.4 Å². The standard InChI is InChI=1S/C30H38FN3O6/c1-14-20(28(32)39)26(37)24(33(3)4)18-11-15-10-17-22(25(36)21(15)27(38)30(14,18)40)19(35)12-16(23(17)31)13-34(5)29(2)8-6-7-9-29/h12,15,18,24,35-37,40H,1,6-11,13H2,2-5H3,(H2,32,39)/t15?,18-,24-,30-/m0/s1. The summed E-state index contributed by atoms with van der Waals surface area (Å²) in [6.07, 6.45) is 4.29. The normalized spacial score (nSPS) is 29.6. The first kappa shape index (κ1) is 28.3. The summed E-state index contributed by atoms with van der Waals surface area (Å²) in [5, 5.41) is 45.2. The molecular weight excluding hydrogens is 517 g/mol. The van der Waals surface area contributed by atoms with Crippen LogP contribution in [-0.2, 0) is 22.6 Å². The van der Waals surface area contributed by atoms with E-state index in [-0.39, 0.29) is 52.9 Å². The van der Waals surface area contributed by atoms with Gasteiger partial charge in [0.25, 0.3) is 5.91 Å². The zero-order chi connectivity index (χ0) is 29.5. The number of Topliss-reactive ketones (excluding diaryl/α,β-unsaturated/α-hetero) is 1. The molecule has 0 saturated heterocycles. The quantitative estimate of drug-likeness (QED) is 0.373. The largest absolute Gasteiger partial charge is 0.510 e. The highest BCUT2D eigenvalue weighted by atomic mass is 19.1. The summed E-state index contributed by atoms with van der Waals surface area (Å²) < 4.78 is 16.1. The third-order valence-corrected chi connectivity index (χ3v) is 9.92. The lowest BCUT2D eigenvalue weighted by Gasteiger charge is -2.52. The Balaban J connectivity index is 1.61. The fourth-order valence-electron chi connectivity index (χ4n) is 7.60. The topological polar surface area (TPSA) is 148 Å². The number of rotatable bonds is 5. The number of likely N-dealkylation sites (N-methyl/N-ethyl adjacent to an activating group) is 1. The lowest BCUT2D eigenvalue weighted by molar-refractivity contribution is -0.143. The molecule has 1 unspecified atom stereocenters. The van der Waals surface area contributed by atoms with Gasteiger partial charge in [-0.25, -0.2) is 4.39 Å². The minimum atomic E-state index is -2.35. The number of aliphatic hydroxyl groups is 3. The molecule has 1 amide bonds. The fraction of sp³-hybridized carbons (Fsp3) is 0.533. The monoisotopic (exact) mass is 555 g/mol. The molecule has 0 bridgehead atoms. The maximum Gasteiger partial charge on any atom is 0.252 e. The van der Waals surface area contributed by atoms with Crippen molar-refractivity contribution in [2.24, 2.45) is 17.6 Å². The molecule has 40 heavy (non-hydrogen) atoms. The average molecular weight is 556 g/mol. The summed E-state index contributed by atoms with van der Waals surface area (Å²) in [6, 6.07) is 0.329.